The molecule has 3 nitrogen and oxygen atoms in total. The number of rotatable bonds is 4. The van der Waals surface area contributed by atoms with Gasteiger partial charge in [-0.05, 0) is 44.0 Å². The molecule has 2 aliphatic rings. The number of hydrogen-bond acceptors (Lipinski definition) is 3. The monoisotopic (exact) mass is 264 g/mol. The second kappa shape index (κ2) is 7.41. The van der Waals surface area contributed by atoms with E-state index in [1.54, 1.807) is 0 Å². The van der Waals surface area contributed by atoms with Crippen LogP contribution in [0.4, 0.5) is 0 Å². The predicted octanol–water partition coefficient (Wildman–Crippen LogP) is 1.42. The molecule has 2 rings (SSSR count). The molecule has 16 heavy (non-hydrogen) atoms. The van der Waals surface area contributed by atoms with Crippen LogP contribution in [0.25, 0.3) is 0 Å². The summed E-state index contributed by atoms with van der Waals surface area (Å²) < 4.78 is 0. The summed E-state index contributed by atoms with van der Waals surface area (Å²) in [4.78, 5) is 11.6. The van der Waals surface area contributed by atoms with Gasteiger partial charge in [-0.1, -0.05) is 0 Å². The summed E-state index contributed by atoms with van der Waals surface area (Å²) in [5, 5.41) is 7.03. The highest BCUT2D eigenvalue weighted by Gasteiger charge is 2.20. The maximum absolute atomic E-state index is 11.6. The summed E-state index contributed by atoms with van der Waals surface area (Å²) in [7, 11) is 0. The second-order valence-corrected chi connectivity index (χ2v) is 5.91. The van der Waals surface area contributed by atoms with E-state index in [4.69, 9.17) is 0 Å². The normalized spacial score (nSPS) is 28.8. The zero-order valence-corrected chi connectivity index (χ0v) is 11.2. The van der Waals surface area contributed by atoms with Crippen molar-refractivity contribution in [2.24, 2.45) is 5.92 Å². The third-order valence-electron chi connectivity index (χ3n) is 3.19. The minimum Gasteiger partial charge on any atom is -0.355 e. The molecule has 1 amide bonds. The first kappa shape index (κ1) is 14.1. The van der Waals surface area contributed by atoms with Gasteiger partial charge in [-0.25, -0.2) is 0 Å². The molecular weight excluding hydrogens is 244 g/mol. The van der Waals surface area contributed by atoms with Crippen molar-refractivity contribution in [2.75, 3.05) is 25.4 Å². The molecule has 0 aromatic carbocycles. The first-order valence-corrected chi connectivity index (χ1v) is 6.98. The summed E-state index contributed by atoms with van der Waals surface area (Å²) >= 11 is 2.00. The Morgan fingerprint density at radius 3 is 2.94 bits per heavy atom. The Morgan fingerprint density at radius 2 is 2.31 bits per heavy atom. The molecule has 94 valence electrons. The van der Waals surface area contributed by atoms with Gasteiger partial charge in [0.1, 0.15) is 0 Å². The van der Waals surface area contributed by atoms with Crippen molar-refractivity contribution >= 4 is 30.1 Å². The van der Waals surface area contributed by atoms with Crippen LogP contribution in [-0.4, -0.2) is 36.5 Å². The van der Waals surface area contributed by atoms with Gasteiger partial charge < -0.3 is 10.6 Å². The molecule has 2 heterocycles. The van der Waals surface area contributed by atoms with Crippen LogP contribution in [-0.2, 0) is 4.79 Å². The number of halogens is 1. The van der Waals surface area contributed by atoms with E-state index in [1.165, 1.54) is 18.6 Å². The van der Waals surface area contributed by atoms with Gasteiger partial charge in [0.25, 0.3) is 0 Å². The number of nitrogens with one attached hydrogen (secondary N) is 2. The van der Waals surface area contributed by atoms with Crippen LogP contribution in [0.15, 0.2) is 0 Å². The molecule has 2 unspecified atom stereocenters. The minimum atomic E-state index is 0. The summed E-state index contributed by atoms with van der Waals surface area (Å²) in [6.07, 6.45) is 4.46. The molecule has 0 spiro atoms. The van der Waals surface area contributed by atoms with Crippen molar-refractivity contribution in [3.05, 3.63) is 0 Å². The van der Waals surface area contributed by atoms with Gasteiger partial charge in [-0.15, -0.1) is 12.4 Å². The summed E-state index contributed by atoms with van der Waals surface area (Å²) in [6.45, 7) is 2.98. The molecule has 0 saturated carbocycles. The van der Waals surface area contributed by atoms with E-state index in [2.05, 4.69) is 10.6 Å². The Hall–Kier alpha value is 0.0700. The van der Waals surface area contributed by atoms with Gasteiger partial charge in [0.2, 0.25) is 5.91 Å². The average molecular weight is 265 g/mol. The molecule has 2 fully saturated rings. The van der Waals surface area contributed by atoms with Gasteiger partial charge in [-0.2, -0.15) is 11.8 Å². The molecule has 2 N–H and O–H groups in total. The number of thioether (sulfide) groups is 1. The van der Waals surface area contributed by atoms with Crippen molar-refractivity contribution in [1.29, 1.82) is 0 Å². The summed E-state index contributed by atoms with van der Waals surface area (Å²) in [6, 6.07) is 0. The van der Waals surface area contributed by atoms with Gasteiger partial charge in [0.05, 0.1) is 0 Å². The number of carbonyl (C=O) groups is 1. The van der Waals surface area contributed by atoms with Crippen LogP contribution < -0.4 is 10.6 Å². The Kier molecular flexibility index (Phi) is 6.54. The highest BCUT2D eigenvalue weighted by atomic mass is 35.5. The fraction of sp³-hybridized carbons (Fsp3) is 0.909. The molecule has 0 radical (unpaired) electrons. The fourth-order valence-corrected chi connectivity index (χ4v) is 3.46. The standard InChI is InChI=1S/C11H20N2OS.ClH/c14-11(6-9-3-4-12-7-9)13-8-10-2-1-5-15-10;/h9-10,12H,1-8H2,(H,13,14);1H. The first-order valence-electron chi connectivity index (χ1n) is 5.93. The summed E-state index contributed by atoms with van der Waals surface area (Å²) in [5.74, 6) is 2.09. The van der Waals surface area contributed by atoms with Crippen molar-refractivity contribution in [1.82, 2.24) is 10.6 Å². The average Bonchev–Trinajstić information content (AvgIpc) is 2.86. The van der Waals surface area contributed by atoms with Crippen molar-refractivity contribution in [3.8, 4) is 0 Å². The van der Waals surface area contributed by atoms with Gasteiger partial charge in [-0.3, -0.25) is 4.79 Å². The quantitative estimate of drug-likeness (QED) is 0.807. The van der Waals surface area contributed by atoms with E-state index in [0.717, 1.165) is 26.1 Å². The lowest BCUT2D eigenvalue weighted by Gasteiger charge is -2.12. The van der Waals surface area contributed by atoms with Gasteiger partial charge in [0, 0.05) is 18.2 Å². The Bertz CT molecular complexity index is 216. The third-order valence-corrected chi connectivity index (χ3v) is 4.59. The lowest BCUT2D eigenvalue weighted by molar-refractivity contribution is -0.121. The Morgan fingerprint density at radius 1 is 1.44 bits per heavy atom. The predicted molar refractivity (Wildman–Crippen MR) is 71.3 cm³/mol. The first-order chi connectivity index (χ1) is 7.34. The zero-order valence-electron chi connectivity index (χ0n) is 9.54. The van der Waals surface area contributed by atoms with Crippen LogP contribution in [0.2, 0.25) is 0 Å². The zero-order chi connectivity index (χ0) is 10.5. The minimum absolute atomic E-state index is 0. The topological polar surface area (TPSA) is 41.1 Å². The maximum atomic E-state index is 11.6. The highest BCUT2D eigenvalue weighted by molar-refractivity contribution is 8.00. The van der Waals surface area contributed by atoms with E-state index >= 15 is 0 Å². The fourth-order valence-electron chi connectivity index (χ4n) is 2.26. The smallest absolute Gasteiger partial charge is 0.220 e. The molecule has 0 aliphatic carbocycles. The molecule has 0 bridgehead atoms. The molecule has 2 saturated heterocycles. The molecule has 0 aromatic heterocycles. The summed E-state index contributed by atoms with van der Waals surface area (Å²) in [5.41, 5.74) is 0. The van der Waals surface area contributed by atoms with Crippen LogP contribution in [0.1, 0.15) is 25.7 Å². The molecule has 2 aliphatic heterocycles. The van der Waals surface area contributed by atoms with Crippen LogP contribution in [0.5, 0.6) is 0 Å². The lowest BCUT2D eigenvalue weighted by atomic mass is 10.0. The van der Waals surface area contributed by atoms with Gasteiger partial charge >= 0.3 is 0 Å². The Labute approximate surface area is 108 Å². The van der Waals surface area contributed by atoms with Crippen LogP contribution in [0, 0.1) is 5.92 Å². The van der Waals surface area contributed by atoms with E-state index in [1.807, 2.05) is 11.8 Å². The van der Waals surface area contributed by atoms with E-state index in [0.29, 0.717) is 17.6 Å². The highest BCUT2D eigenvalue weighted by Crippen LogP contribution is 2.25. The van der Waals surface area contributed by atoms with Crippen molar-refractivity contribution in [2.45, 2.75) is 30.9 Å². The SMILES string of the molecule is Cl.O=C(CC1CCNC1)NCC1CCCS1. The van der Waals surface area contributed by atoms with Crippen molar-refractivity contribution < 1.29 is 4.79 Å². The molecular formula is C11H21ClN2OS. The molecule has 5 heteroatoms. The molecule has 2 atom stereocenters. The van der Waals surface area contributed by atoms with E-state index < -0.39 is 0 Å². The number of carbonyl (C=O) groups excluding carboxylic acids is 1. The molecule has 0 aromatic rings. The maximum Gasteiger partial charge on any atom is 0.220 e. The van der Waals surface area contributed by atoms with Crippen LogP contribution >= 0.6 is 24.2 Å². The number of amides is 1. The van der Waals surface area contributed by atoms with Gasteiger partial charge in [0.15, 0.2) is 0 Å². The third kappa shape index (κ3) is 4.52. The largest absolute Gasteiger partial charge is 0.355 e. The lowest BCUT2D eigenvalue weighted by Crippen LogP contribution is -2.31. The van der Waals surface area contributed by atoms with E-state index in [-0.39, 0.29) is 18.3 Å². The van der Waals surface area contributed by atoms with Crippen molar-refractivity contribution in [3.63, 3.8) is 0 Å². The second-order valence-electron chi connectivity index (χ2n) is 4.50. The Balaban J connectivity index is 0.00000128. The van der Waals surface area contributed by atoms with Crippen LogP contribution in [0.3, 0.4) is 0 Å². The number of hydrogen-bond donors (Lipinski definition) is 2. The van der Waals surface area contributed by atoms with E-state index in [9.17, 15) is 4.79 Å².